The quantitative estimate of drug-likeness (QED) is 0.811. The zero-order valence-corrected chi connectivity index (χ0v) is 15.9. The number of ketones is 1. The Morgan fingerprint density at radius 3 is 2.29 bits per heavy atom. The first-order valence-corrected chi connectivity index (χ1v) is 9.64. The molecule has 3 aliphatic rings. The van der Waals surface area contributed by atoms with Crippen molar-refractivity contribution in [3.8, 4) is 5.75 Å². The summed E-state index contributed by atoms with van der Waals surface area (Å²) in [6.07, 6.45) is 3.50. The highest BCUT2D eigenvalue weighted by molar-refractivity contribution is 6.26. The average Bonchev–Trinajstić information content (AvgIpc) is 3.36. The van der Waals surface area contributed by atoms with Crippen LogP contribution in [0.5, 0.6) is 5.75 Å². The lowest BCUT2D eigenvalue weighted by molar-refractivity contribution is -0.118. The molecule has 1 saturated heterocycles. The molecule has 0 saturated carbocycles. The Labute approximate surface area is 164 Å². The van der Waals surface area contributed by atoms with Crippen molar-refractivity contribution in [1.82, 2.24) is 0 Å². The Morgan fingerprint density at radius 1 is 1.00 bits per heavy atom. The molecule has 1 fully saturated rings. The minimum atomic E-state index is -0.294. The number of benzene rings is 2. The minimum absolute atomic E-state index is 0.0106. The second-order valence-corrected chi connectivity index (χ2v) is 7.83. The monoisotopic (exact) mass is 374 g/mol. The number of aryl methyl sites for hydroxylation is 2. The number of hydrogen-bond donors (Lipinski definition) is 1. The molecule has 2 aromatic carbocycles. The molecule has 0 radical (unpaired) electrons. The lowest BCUT2D eigenvalue weighted by Gasteiger charge is -2.16. The topological polar surface area (TPSA) is 55.8 Å². The smallest absolute Gasteiger partial charge is 0.173 e. The molecule has 1 aliphatic carbocycles. The van der Waals surface area contributed by atoms with Crippen LogP contribution in [0.4, 0.5) is 0 Å². The van der Waals surface area contributed by atoms with E-state index >= 15 is 0 Å². The molecule has 0 amide bonds. The molecule has 4 atom stereocenters. The van der Waals surface area contributed by atoms with E-state index in [1.165, 1.54) is 0 Å². The van der Waals surface area contributed by atoms with Gasteiger partial charge in [-0.15, -0.1) is 0 Å². The fourth-order valence-corrected chi connectivity index (χ4v) is 4.80. The van der Waals surface area contributed by atoms with Crippen molar-refractivity contribution >= 4 is 11.4 Å². The van der Waals surface area contributed by atoms with E-state index in [9.17, 15) is 9.90 Å². The second-order valence-electron chi connectivity index (χ2n) is 7.83. The van der Waals surface area contributed by atoms with Crippen molar-refractivity contribution in [2.75, 3.05) is 0 Å². The maximum absolute atomic E-state index is 13.1. The standard InChI is InChI=1S/C24H22O4/c1-13-10-16(27-12-15-6-4-3-5-7-15)11-14(2)19(13)22-23(25)20-17-8-9-18(28-17)21(20)24(22)26/h3-11,17-18,20-21,25H,12H2,1-2H3/t17-,18+,20+,21-/m0/s1. The Kier molecular flexibility index (Phi) is 3.91. The zero-order valence-electron chi connectivity index (χ0n) is 15.9. The summed E-state index contributed by atoms with van der Waals surface area (Å²) in [4.78, 5) is 13.1. The Morgan fingerprint density at radius 2 is 1.64 bits per heavy atom. The lowest BCUT2D eigenvalue weighted by Crippen LogP contribution is -2.26. The lowest BCUT2D eigenvalue weighted by atomic mass is 9.84. The summed E-state index contributed by atoms with van der Waals surface area (Å²) >= 11 is 0. The number of aliphatic hydroxyl groups excluding tert-OH is 1. The average molecular weight is 374 g/mol. The Hall–Kier alpha value is -2.85. The summed E-state index contributed by atoms with van der Waals surface area (Å²) in [5.41, 5.74) is 4.24. The van der Waals surface area contributed by atoms with Crippen molar-refractivity contribution in [2.24, 2.45) is 11.8 Å². The predicted octanol–water partition coefficient (Wildman–Crippen LogP) is 4.30. The molecule has 5 rings (SSSR count). The summed E-state index contributed by atoms with van der Waals surface area (Å²) < 4.78 is 11.7. The maximum atomic E-state index is 13.1. The molecule has 2 bridgehead atoms. The number of carbonyl (C=O) groups is 1. The number of aliphatic hydroxyl groups is 1. The van der Waals surface area contributed by atoms with E-state index in [1.807, 2.05) is 68.5 Å². The van der Waals surface area contributed by atoms with Crippen LogP contribution in [0.3, 0.4) is 0 Å². The molecule has 2 aliphatic heterocycles. The third-order valence-electron chi connectivity index (χ3n) is 6.03. The number of carbonyl (C=O) groups excluding carboxylic acids is 1. The fourth-order valence-electron chi connectivity index (χ4n) is 4.80. The molecule has 1 N–H and O–H groups in total. The fraction of sp³-hybridized carbons (Fsp3) is 0.292. The number of allylic oxidation sites excluding steroid dienone is 1. The van der Waals surface area contributed by atoms with Gasteiger partial charge in [0.05, 0.1) is 29.6 Å². The molecule has 0 aromatic heterocycles. The van der Waals surface area contributed by atoms with Gasteiger partial charge in [-0.25, -0.2) is 0 Å². The summed E-state index contributed by atoms with van der Waals surface area (Å²) in [6, 6.07) is 13.9. The third kappa shape index (κ3) is 2.52. The molecular weight excluding hydrogens is 352 g/mol. The first-order chi connectivity index (χ1) is 13.5. The van der Waals surface area contributed by atoms with Gasteiger partial charge in [-0.2, -0.15) is 0 Å². The van der Waals surface area contributed by atoms with Crippen molar-refractivity contribution < 1.29 is 19.4 Å². The molecule has 142 valence electrons. The van der Waals surface area contributed by atoms with E-state index in [0.29, 0.717) is 12.2 Å². The minimum Gasteiger partial charge on any atom is -0.511 e. The van der Waals surface area contributed by atoms with E-state index in [1.54, 1.807) is 0 Å². The maximum Gasteiger partial charge on any atom is 0.173 e. The molecule has 28 heavy (non-hydrogen) atoms. The highest BCUT2D eigenvalue weighted by atomic mass is 16.5. The molecular formula is C24H22O4. The number of ether oxygens (including phenoxy) is 2. The Bertz CT molecular complexity index is 995. The Balaban J connectivity index is 1.46. The van der Waals surface area contributed by atoms with E-state index in [0.717, 1.165) is 28.0 Å². The number of fused-ring (bicyclic) bond motifs is 5. The van der Waals surface area contributed by atoms with Crippen LogP contribution in [-0.4, -0.2) is 23.1 Å². The van der Waals surface area contributed by atoms with E-state index in [4.69, 9.17) is 9.47 Å². The summed E-state index contributed by atoms with van der Waals surface area (Å²) in [5, 5.41) is 10.9. The predicted molar refractivity (Wildman–Crippen MR) is 106 cm³/mol. The van der Waals surface area contributed by atoms with E-state index in [2.05, 4.69) is 0 Å². The van der Waals surface area contributed by atoms with Gasteiger partial charge in [0.2, 0.25) is 0 Å². The molecule has 4 nitrogen and oxygen atoms in total. The molecule has 0 unspecified atom stereocenters. The van der Waals surface area contributed by atoms with Gasteiger partial charge in [0.1, 0.15) is 18.1 Å². The van der Waals surface area contributed by atoms with Crippen molar-refractivity contribution in [3.63, 3.8) is 0 Å². The van der Waals surface area contributed by atoms with E-state index in [-0.39, 0.29) is 35.6 Å². The molecule has 2 aromatic rings. The summed E-state index contributed by atoms with van der Waals surface area (Å²) in [6.45, 7) is 4.41. The van der Waals surface area contributed by atoms with Crippen LogP contribution >= 0.6 is 0 Å². The number of Topliss-reactive ketones (excluding diaryl/α,β-unsaturated/α-hetero) is 1. The van der Waals surface area contributed by atoms with Gasteiger partial charge in [0, 0.05) is 0 Å². The van der Waals surface area contributed by atoms with Gasteiger partial charge in [0.25, 0.3) is 0 Å². The SMILES string of the molecule is Cc1cc(OCc2ccccc2)cc(C)c1C1=C(O)[C@H]2[C@@H](C1=O)[C@H]1C=C[C@@H]2O1. The first-order valence-electron chi connectivity index (χ1n) is 9.64. The molecule has 4 heteroatoms. The van der Waals surface area contributed by atoms with Crippen LogP contribution < -0.4 is 4.74 Å². The highest BCUT2D eigenvalue weighted by Crippen LogP contribution is 2.51. The van der Waals surface area contributed by atoms with Crippen molar-refractivity contribution in [3.05, 3.63) is 82.6 Å². The van der Waals surface area contributed by atoms with Gasteiger partial charge < -0.3 is 14.6 Å². The highest BCUT2D eigenvalue weighted by Gasteiger charge is 2.57. The molecule has 0 spiro atoms. The normalized spacial score (nSPS) is 27.6. The number of rotatable bonds is 4. The number of hydrogen-bond acceptors (Lipinski definition) is 4. The van der Waals surface area contributed by atoms with Crippen LogP contribution in [0.15, 0.2) is 60.4 Å². The van der Waals surface area contributed by atoms with Gasteiger partial charge in [-0.3, -0.25) is 4.79 Å². The zero-order chi connectivity index (χ0) is 19.4. The first kappa shape index (κ1) is 17.3. The van der Waals surface area contributed by atoms with Gasteiger partial charge >= 0.3 is 0 Å². The van der Waals surface area contributed by atoms with E-state index < -0.39 is 0 Å². The molecule has 2 heterocycles. The van der Waals surface area contributed by atoms with Crippen LogP contribution in [-0.2, 0) is 16.1 Å². The van der Waals surface area contributed by atoms with Crippen LogP contribution in [0.1, 0.15) is 22.3 Å². The van der Waals surface area contributed by atoms with Crippen LogP contribution in [0.2, 0.25) is 0 Å². The van der Waals surface area contributed by atoms with Gasteiger partial charge in [-0.1, -0.05) is 42.5 Å². The van der Waals surface area contributed by atoms with Crippen LogP contribution in [0.25, 0.3) is 5.57 Å². The van der Waals surface area contributed by atoms with Gasteiger partial charge in [-0.05, 0) is 48.2 Å². The van der Waals surface area contributed by atoms with Crippen molar-refractivity contribution in [2.45, 2.75) is 32.7 Å². The largest absolute Gasteiger partial charge is 0.511 e. The van der Waals surface area contributed by atoms with Gasteiger partial charge in [0.15, 0.2) is 5.78 Å². The van der Waals surface area contributed by atoms with Crippen molar-refractivity contribution in [1.29, 1.82) is 0 Å². The third-order valence-corrected chi connectivity index (χ3v) is 6.03. The van der Waals surface area contributed by atoms with Crippen LogP contribution in [0, 0.1) is 25.7 Å². The second kappa shape index (κ2) is 6.35. The summed E-state index contributed by atoms with van der Waals surface area (Å²) in [5.74, 6) is 0.390. The summed E-state index contributed by atoms with van der Waals surface area (Å²) in [7, 11) is 0.